The molecular weight excluding hydrogens is 386 g/mol. The van der Waals surface area contributed by atoms with Gasteiger partial charge in [0, 0.05) is 18.4 Å². The Kier molecular flexibility index (Phi) is 5.39. The minimum atomic E-state index is -0.444. The fourth-order valence-electron chi connectivity index (χ4n) is 3.77. The lowest BCUT2D eigenvalue weighted by Gasteiger charge is -2.29. The summed E-state index contributed by atoms with van der Waals surface area (Å²) in [5.74, 6) is -1.03. The van der Waals surface area contributed by atoms with Crippen molar-refractivity contribution in [1.82, 2.24) is 20.2 Å². The van der Waals surface area contributed by atoms with Gasteiger partial charge in [0.15, 0.2) is 0 Å². The first-order chi connectivity index (χ1) is 14.6. The third-order valence-corrected chi connectivity index (χ3v) is 5.27. The maximum atomic E-state index is 12.4. The van der Waals surface area contributed by atoms with Crippen molar-refractivity contribution in [1.29, 1.82) is 5.26 Å². The van der Waals surface area contributed by atoms with Gasteiger partial charge in [0.05, 0.1) is 11.1 Å². The highest BCUT2D eigenvalue weighted by molar-refractivity contribution is 6.22. The number of nitriles is 1. The van der Waals surface area contributed by atoms with Gasteiger partial charge in [-0.2, -0.15) is 5.26 Å². The highest BCUT2D eigenvalue weighted by Crippen LogP contribution is 2.25. The number of hydrogen-bond acceptors (Lipinski definition) is 7. The van der Waals surface area contributed by atoms with Crippen molar-refractivity contribution in [3.8, 4) is 11.9 Å². The number of imide groups is 1. The second-order valence-corrected chi connectivity index (χ2v) is 7.22. The minimum absolute atomic E-state index is 0.0650. The standard InChI is InChI=1S/C21H19N5O4/c22-11-17-19(24-10-9-23-17)30-14-7-5-13(6-8-14)25-18(27)12-26-20(28)15-3-1-2-4-16(15)21(26)29/h1-4,9-10,13-14H,5-8,12H2,(H,25,27). The maximum Gasteiger partial charge on any atom is 0.262 e. The van der Waals surface area contributed by atoms with Crippen molar-refractivity contribution in [3.05, 3.63) is 53.5 Å². The summed E-state index contributed by atoms with van der Waals surface area (Å²) in [4.78, 5) is 46.1. The van der Waals surface area contributed by atoms with E-state index in [1.54, 1.807) is 24.3 Å². The average molecular weight is 405 g/mol. The summed E-state index contributed by atoms with van der Waals surface area (Å²) >= 11 is 0. The molecule has 0 unspecified atom stereocenters. The van der Waals surface area contributed by atoms with E-state index in [2.05, 4.69) is 15.3 Å². The fourth-order valence-corrected chi connectivity index (χ4v) is 3.77. The molecule has 1 aromatic carbocycles. The normalized spacial score (nSPS) is 20.4. The van der Waals surface area contributed by atoms with E-state index in [4.69, 9.17) is 10.00 Å². The van der Waals surface area contributed by atoms with Gasteiger partial charge in [-0.3, -0.25) is 19.3 Å². The van der Waals surface area contributed by atoms with Crippen molar-refractivity contribution in [2.24, 2.45) is 0 Å². The van der Waals surface area contributed by atoms with Gasteiger partial charge in [0.2, 0.25) is 11.6 Å². The third kappa shape index (κ3) is 3.85. The van der Waals surface area contributed by atoms with Crippen molar-refractivity contribution < 1.29 is 19.1 Å². The van der Waals surface area contributed by atoms with Crippen molar-refractivity contribution in [2.45, 2.75) is 37.8 Å². The zero-order valence-corrected chi connectivity index (χ0v) is 16.1. The second-order valence-electron chi connectivity index (χ2n) is 7.22. The molecule has 0 spiro atoms. The van der Waals surface area contributed by atoms with E-state index in [0.717, 1.165) is 4.90 Å². The molecule has 0 atom stereocenters. The van der Waals surface area contributed by atoms with Gasteiger partial charge >= 0.3 is 0 Å². The van der Waals surface area contributed by atoms with Crippen molar-refractivity contribution >= 4 is 17.7 Å². The van der Waals surface area contributed by atoms with Crippen LogP contribution in [0.3, 0.4) is 0 Å². The van der Waals surface area contributed by atoms with E-state index in [1.807, 2.05) is 6.07 Å². The minimum Gasteiger partial charge on any atom is -0.472 e. The molecule has 1 fully saturated rings. The molecule has 9 nitrogen and oxygen atoms in total. The highest BCUT2D eigenvalue weighted by atomic mass is 16.5. The van der Waals surface area contributed by atoms with Crippen LogP contribution < -0.4 is 10.1 Å². The molecule has 0 radical (unpaired) electrons. The molecule has 2 aromatic rings. The number of nitrogens with one attached hydrogen (secondary N) is 1. The topological polar surface area (TPSA) is 125 Å². The highest BCUT2D eigenvalue weighted by Gasteiger charge is 2.36. The number of carbonyl (C=O) groups is 3. The summed E-state index contributed by atoms with van der Waals surface area (Å²) in [6, 6.07) is 8.44. The largest absolute Gasteiger partial charge is 0.472 e. The van der Waals surface area contributed by atoms with Crippen LogP contribution in [0.2, 0.25) is 0 Å². The maximum absolute atomic E-state index is 12.4. The predicted molar refractivity (Wildman–Crippen MR) is 103 cm³/mol. The number of fused-ring (bicyclic) bond motifs is 1. The number of aromatic nitrogens is 2. The smallest absolute Gasteiger partial charge is 0.262 e. The molecule has 2 aliphatic rings. The Morgan fingerprint density at radius 1 is 1.10 bits per heavy atom. The van der Waals surface area contributed by atoms with Crippen LogP contribution >= 0.6 is 0 Å². The Morgan fingerprint density at radius 3 is 2.37 bits per heavy atom. The molecular formula is C21H19N5O4. The molecule has 2 heterocycles. The number of hydrogen-bond donors (Lipinski definition) is 1. The molecule has 1 aliphatic heterocycles. The van der Waals surface area contributed by atoms with Crippen LogP contribution in [0.25, 0.3) is 0 Å². The summed E-state index contributed by atoms with van der Waals surface area (Å²) in [5, 5.41) is 12.0. The van der Waals surface area contributed by atoms with Crippen LogP contribution in [0.1, 0.15) is 52.1 Å². The van der Waals surface area contributed by atoms with Crippen LogP contribution in [0.4, 0.5) is 0 Å². The first-order valence-corrected chi connectivity index (χ1v) is 9.69. The third-order valence-electron chi connectivity index (χ3n) is 5.27. The number of nitrogens with zero attached hydrogens (tertiary/aromatic N) is 4. The van der Waals surface area contributed by atoms with Crippen molar-refractivity contribution in [3.63, 3.8) is 0 Å². The fraction of sp³-hybridized carbons (Fsp3) is 0.333. The molecule has 9 heteroatoms. The molecule has 0 saturated heterocycles. The van der Waals surface area contributed by atoms with E-state index in [0.29, 0.717) is 36.8 Å². The summed E-state index contributed by atoms with van der Waals surface area (Å²) in [7, 11) is 0. The summed E-state index contributed by atoms with van der Waals surface area (Å²) < 4.78 is 5.80. The molecule has 152 valence electrons. The van der Waals surface area contributed by atoms with E-state index in [9.17, 15) is 14.4 Å². The molecule has 1 saturated carbocycles. The quantitative estimate of drug-likeness (QED) is 0.746. The van der Waals surface area contributed by atoms with E-state index < -0.39 is 11.8 Å². The Balaban J connectivity index is 1.28. The number of rotatable bonds is 5. The van der Waals surface area contributed by atoms with Gasteiger partial charge in [-0.25, -0.2) is 9.97 Å². The summed E-state index contributed by atoms with van der Waals surface area (Å²) in [6.45, 7) is -0.298. The van der Waals surface area contributed by atoms with Crippen molar-refractivity contribution in [2.75, 3.05) is 6.54 Å². The Morgan fingerprint density at radius 2 is 1.73 bits per heavy atom. The van der Waals surface area contributed by atoms with E-state index in [-0.39, 0.29) is 36.2 Å². The second kappa shape index (κ2) is 8.29. The van der Waals surface area contributed by atoms with Gasteiger partial charge in [-0.05, 0) is 37.8 Å². The Bertz CT molecular complexity index is 1000. The summed E-state index contributed by atoms with van der Waals surface area (Å²) in [6.07, 6.45) is 5.52. The summed E-state index contributed by atoms with van der Waals surface area (Å²) in [5.41, 5.74) is 0.802. The Labute approximate surface area is 172 Å². The molecule has 1 N–H and O–H groups in total. The van der Waals surface area contributed by atoms with Crippen LogP contribution in [-0.4, -0.2) is 51.3 Å². The zero-order chi connectivity index (χ0) is 21.1. The van der Waals surface area contributed by atoms with Crippen LogP contribution in [0.15, 0.2) is 36.7 Å². The van der Waals surface area contributed by atoms with Crippen LogP contribution in [-0.2, 0) is 4.79 Å². The Hall–Kier alpha value is -3.80. The van der Waals surface area contributed by atoms with Crippen LogP contribution in [0, 0.1) is 11.3 Å². The van der Waals surface area contributed by atoms with E-state index >= 15 is 0 Å². The number of carbonyl (C=O) groups excluding carboxylic acids is 3. The molecule has 0 bridgehead atoms. The number of amides is 3. The van der Waals surface area contributed by atoms with Gasteiger partial charge in [-0.1, -0.05) is 12.1 Å². The van der Waals surface area contributed by atoms with Gasteiger partial charge in [0.1, 0.15) is 18.7 Å². The monoisotopic (exact) mass is 405 g/mol. The predicted octanol–water partition coefficient (Wildman–Crippen LogP) is 1.45. The number of benzene rings is 1. The SMILES string of the molecule is N#Cc1nccnc1OC1CCC(NC(=O)CN2C(=O)c3ccccc3C2=O)CC1. The average Bonchev–Trinajstić information content (AvgIpc) is 3.00. The molecule has 1 aliphatic carbocycles. The zero-order valence-electron chi connectivity index (χ0n) is 16.1. The van der Waals surface area contributed by atoms with Gasteiger partial charge < -0.3 is 10.1 Å². The molecule has 3 amide bonds. The van der Waals surface area contributed by atoms with Crippen LogP contribution in [0.5, 0.6) is 5.88 Å². The lowest BCUT2D eigenvalue weighted by Crippen LogP contribution is -2.45. The van der Waals surface area contributed by atoms with E-state index in [1.165, 1.54) is 12.4 Å². The molecule has 4 rings (SSSR count). The first-order valence-electron chi connectivity index (χ1n) is 9.69. The lowest BCUT2D eigenvalue weighted by molar-refractivity contribution is -0.122. The van der Waals surface area contributed by atoms with Gasteiger partial charge in [0.25, 0.3) is 17.7 Å². The number of ether oxygens (including phenoxy) is 1. The first kappa shape index (κ1) is 19.5. The molecule has 1 aromatic heterocycles. The van der Waals surface area contributed by atoms with Gasteiger partial charge in [-0.15, -0.1) is 0 Å². The lowest BCUT2D eigenvalue weighted by atomic mass is 9.93. The molecule has 30 heavy (non-hydrogen) atoms.